The highest BCUT2D eigenvalue weighted by Gasteiger charge is 2.30. The smallest absolute Gasteiger partial charge is 0.240 e. The Morgan fingerprint density at radius 3 is 2.57 bits per heavy atom. The van der Waals surface area contributed by atoms with E-state index in [2.05, 4.69) is 10.2 Å². The quantitative estimate of drug-likeness (QED) is 0.578. The zero-order chi connectivity index (χ0) is 19.3. The van der Waals surface area contributed by atoms with Gasteiger partial charge in [-0.2, -0.15) is 0 Å². The molecule has 1 aliphatic heterocycles. The van der Waals surface area contributed by atoms with E-state index in [1.54, 1.807) is 6.26 Å². The fourth-order valence-electron chi connectivity index (χ4n) is 3.52. The van der Waals surface area contributed by atoms with Gasteiger partial charge >= 0.3 is 0 Å². The number of nitrogens with zero attached hydrogens (tertiary/aromatic N) is 4. The van der Waals surface area contributed by atoms with Gasteiger partial charge in [-0.3, -0.25) is 9.36 Å². The lowest BCUT2D eigenvalue weighted by atomic mass is 10.1. The number of hydrogen-bond acceptors (Lipinski definition) is 5. The minimum Gasteiger partial charge on any atom is -0.461 e. The molecule has 0 unspecified atom stereocenters. The molecule has 1 atom stereocenters. The lowest BCUT2D eigenvalue weighted by Gasteiger charge is -2.30. The number of carbonyl (C=O) groups is 1. The molecule has 3 heterocycles. The molecule has 0 saturated carbocycles. The Kier molecular flexibility index (Phi) is 5.81. The van der Waals surface area contributed by atoms with Crippen LogP contribution >= 0.6 is 11.8 Å². The van der Waals surface area contributed by atoms with Crippen LogP contribution in [-0.4, -0.2) is 38.7 Å². The van der Waals surface area contributed by atoms with Crippen LogP contribution in [0.3, 0.4) is 0 Å². The van der Waals surface area contributed by atoms with E-state index < -0.39 is 0 Å². The van der Waals surface area contributed by atoms with E-state index in [4.69, 9.17) is 4.42 Å². The topological polar surface area (TPSA) is 64.2 Å². The second-order valence-electron chi connectivity index (χ2n) is 6.82. The van der Waals surface area contributed by atoms with Crippen molar-refractivity contribution in [2.24, 2.45) is 0 Å². The summed E-state index contributed by atoms with van der Waals surface area (Å²) < 4.78 is 7.50. The second kappa shape index (κ2) is 8.65. The van der Waals surface area contributed by atoms with Crippen molar-refractivity contribution in [2.75, 3.05) is 13.1 Å². The number of carbonyl (C=O) groups excluding carboxylic acids is 1. The maximum atomic E-state index is 13.4. The van der Waals surface area contributed by atoms with Crippen LogP contribution in [-0.2, 0) is 11.3 Å². The number of aromatic nitrogens is 3. The van der Waals surface area contributed by atoms with Gasteiger partial charge in [-0.05, 0) is 43.9 Å². The summed E-state index contributed by atoms with van der Waals surface area (Å²) in [5.74, 6) is 1.52. The first-order valence-corrected chi connectivity index (χ1v) is 10.6. The molecule has 0 aliphatic carbocycles. The van der Waals surface area contributed by atoms with Crippen molar-refractivity contribution >= 4 is 17.7 Å². The number of likely N-dealkylation sites (tertiary alicyclic amines) is 1. The van der Waals surface area contributed by atoms with Crippen molar-refractivity contribution < 1.29 is 9.21 Å². The monoisotopic (exact) mass is 396 g/mol. The Balaban J connectivity index is 1.65. The maximum absolute atomic E-state index is 13.4. The van der Waals surface area contributed by atoms with Gasteiger partial charge in [-0.25, -0.2) is 0 Å². The summed E-state index contributed by atoms with van der Waals surface area (Å²) in [4.78, 5) is 15.4. The van der Waals surface area contributed by atoms with Crippen LogP contribution in [0, 0.1) is 0 Å². The van der Waals surface area contributed by atoms with E-state index in [1.807, 2.05) is 58.9 Å². The first kappa shape index (κ1) is 18.8. The van der Waals surface area contributed by atoms with Gasteiger partial charge in [0.1, 0.15) is 5.25 Å². The van der Waals surface area contributed by atoms with Crippen LogP contribution in [0.4, 0.5) is 0 Å². The summed E-state index contributed by atoms with van der Waals surface area (Å²) >= 11 is 1.47. The SMILES string of the molecule is CCn1c(S[C@H](C(=O)N2CCCCC2)c2ccccc2)nnc1-c1ccco1. The van der Waals surface area contributed by atoms with Crippen LogP contribution in [0.5, 0.6) is 0 Å². The Morgan fingerprint density at radius 2 is 1.89 bits per heavy atom. The van der Waals surface area contributed by atoms with Crippen molar-refractivity contribution in [1.29, 1.82) is 0 Å². The molecule has 7 heteroatoms. The van der Waals surface area contributed by atoms with Gasteiger partial charge in [-0.1, -0.05) is 42.1 Å². The molecule has 1 amide bonds. The van der Waals surface area contributed by atoms with Crippen molar-refractivity contribution in [3.8, 4) is 11.6 Å². The first-order chi connectivity index (χ1) is 13.8. The van der Waals surface area contributed by atoms with E-state index in [0.717, 1.165) is 36.7 Å². The molecule has 28 heavy (non-hydrogen) atoms. The lowest BCUT2D eigenvalue weighted by Crippen LogP contribution is -2.38. The summed E-state index contributed by atoms with van der Waals surface area (Å²) in [5, 5.41) is 9.10. The first-order valence-electron chi connectivity index (χ1n) is 9.75. The average molecular weight is 397 g/mol. The van der Waals surface area contributed by atoms with Gasteiger partial charge in [-0.15, -0.1) is 10.2 Å². The molecule has 0 bridgehead atoms. The molecule has 0 radical (unpaired) electrons. The van der Waals surface area contributed by atoms with Gasteiger partial charge < -0.3 is 9.32 Å². The summed E-state index contributed by atoms with van der Waals surface area (Å²) in [6.07, 6.45) is 4.98. The predicted octanol–water partition coefficient (Wildman–Crippen LogP) is 4.40. The molecule has 0 spiro atoms. The van der Waals surface area contributed by atoms with Crippen molar-refractivity contribution in [1.82, 2.24) is 19.7 Å². The van der Waals surface area contributed by atoms with Crippen molar-refractivity contribution in [2.45, 2.75) is 43.1 Å². The van der Waals surface area contributed by atoms with Gasteiger partial charge in [0.05, 0.1) is 6.26 Å². The molecule has 2 aromatic heterocycles. The second-order valence-corrected chi connectivity index (χ2v) is 7.89. The van der Waals surface area contributed by atoms with Crippen LogP contribution in [0.1, 0.15) is 37.0 Å². The van der Waals surface area contributed by atoms with Crippen molar-refractivity contribution in [3.63, 3.8) is 0 Å². The number of thioether (sulfide) groups is 1. The number of hydrogen-bond donors (Lipinski definition) is 0. The molecule has 3 aromatic rings. The number of amides is 1. The summed E-state index contributed by atoms with van der Waals surface area (Å²) in [6.45, 7) is 4.41. The van der Waals surface area contributed by atoms with Gasteiger partial charge in [0.2, 0.25) is 5.91 Å². The zero-order valence-electron chi connectivity index (χ0n) is 16.0. The fraction of sp³-hybridized carbons (Fsp3) is 0.381. The van der Waals surface area contributed by atoms with Crippen LogP contribution in [0.2, 0.25) is 0 Å². The molecule has 1 fully saturated rings. The van der Waals surface area contributed by atoms with Crippen LogP contribution in [0.25, 0.3) is 11.6 Å². The Morgan fingerprint density at radius 1 is 1.11 bits per heavy atom. The van der Waals surface area contributed by atoms with E-state index in [-0.39, 0.29) is 11.2 Å². The number of rotatable bonds is 6. The largest absolute Gasteiger partial charge is 0.461 e. The Bertz CT molecular complexity index is 902. The normalized spacial score (nSPS) is 15.5. The molecule has 1 saturated heterocycles. The minimum atomic E-state index is -0.335. The third-order valence-electron chi connectivity index (χ3n) is 4.99. The van der Waals surface area contributed by atoms with Crippen LogP contribution < -0.4 is 0 Å². The Hall–Kier alpha value is -2.54. The number of piperidine rings is 1. The van der Waals surface area contributed by atoms with Gasteiger partial charge in [0.15, 0.2) is 16.7 Å². The summed E-state index contributed by atoms with van der Waals surface area (Å²) in [5.41, 5.74) is 0.994. The molecular formula is C21H24N4O2S. The molecule has 1 aliphatic rings. The predicted molar refractivity (Wildman–Crippen MR) is 109 cm³/mol. The highest BCUT2D eigenvalue weighted by atomic mass is 32.2. The van der Waals surface area contributed by atoms with Gasteiger partial charge in [0, 0.05) is 19.6 Å². The summed E-state index contributed by atoms with van der Waals surface area (Å²) in [7, 11) is 0. The molecule has 4 rings (SSSR count). The van der Waals surface area contributed by atoms with Gasteiger partial charge in [0.25, 0.3) is 0 Å². The third kappa shape index (κ3) is 3.85. The Labute approximate surface area is 168 Å². The van der Waals surface area contributed by atoms with Crippen LogP contribution in [0.15, 0.2) is 58.3 Å². The molecule has 146 valence electrons. The summed E-state index contributed by atoms with van der Waals surface area (Å²) in [6, 6.07) is 13.7. The highest BCUT2D eigenvalue weighted by molar-refractivity contribution is 8.00. The molecule has 6 nitrogen and oxygen atoms in total. The maximum Gasteiger partial charge on any atom is 0.240 e. The average Bonchev–Trinajstić information content (AvgIpc) is 3.42. The molecule has 1 aromatic carbocycles. The van der Waals surface area contributed by atoms with E-state index >= 15 is 0 Å². The lowest BCUT2D eigenvalue weighted by molar-refractivity contribution is -0.131. The highest BCUT2D eigenvalue weighted by Crippen LogP contribution is 2.37. The number of benzene rings is 1. The molecular weight excluding hydrogens is 372 g/mol. The molecule has 0 N–H and O–H groups in total. The zero-order valence-corrected chi connectivity index (χ0v) is 16.8. The van der Waals surface area contributed by atoms with Crippen molar-refractivity contribution in [3.05, 3.63) is 54.3 Å². The van der Waals surface area contributed by atoms with E-state index in [9.17, 15) is 4.79 Å². The fourth-order valence-corrected chi connectivity index (χ4v) is 4.71. The van der Waals surface area contributed by atoms with E-state index in [1.165, 1.54) is 18.2 Å². The minimum absolute atomic E-state index is 0.154. The standard InChI is InChI=1S/C21H24N4O2S/c1-2-25-19(17-12-9-15-27-17)22-23-21(25)28-18(16-10-5-3-6-11-16)20(26)24-13-7-4-8-14-24/h3,5-6,9-12,15,18H,2,4,7-8,13-14H2,1H3/t18-/m0/s1. The number of furan rings is 1. The van der Waals surface area contributed by atoms with E-state index in [0.29, 0.717) is 18.1 Å². The third-order valence-corrected chi connectivity index (χ3v) is 6.21.